The molecule has 2 unspecified atom stereocenters. The lowest BCUT2D eigenvalue weighted by molar-refractivity contribution is 0.0242. The van der Waals surface area contributed by atoms with Crippen molar-refractivity contribution in [3.63, 3.8) is 0 Å². The molecule has 200 valence electrons. The highest BCUT2D eigenvalue weighted by Gasteiger charge is 2.50. The summed E-state index contributed by atoms with van der Waals surface area (Å²) >= 11 is 0. The maximum absolute atomic E-state index is 14.2. The minimum Gasteiger partial charge on any atom is -0.464 e. The number of benzene rings is 1. The van der Waals surface area contributed by atoms with Gasteiger partial charge in [0.25, 0.3) is 0 Å². The number of ether oxygens (including phenoxy) is 2. The van der Waals surface area contributed by atoms with E-state index in [2.05, 4.69) is 21.0 Å². The molecule has 0 radical (unpaired) electrons. The Kier molecular flexibility index (Phi) is 6.42. The molecule has 2 atom stereocenters. The average Bonchev–Trinajstić information content (AvgIpc) is 3.38. The van der Waals surface area contributed by atoms with E-state index in [4.69, 9.17) is 20.2 Å². The monoisotopic (exact) mass is 521 g/mol. The molecule has 0 saturated heterocycles. The van der Waals surface area contributed by atoms with Crippen LogP contribution < -0.4 is 5.73 Å². The fraction of sp³-hybridized carbons (Fsp3) is 0.444. The zero-order chi connectivity index (χ0) is 27.2. The molecule has 2 aromatic rings. The maximum atomic E-state index is 14.2. The first-order valence-corrected chi connectivity index (χ1v) is 12.6. The van der Waals surface area contributed by atoms with Gasteiger partial charge in [0.05, 0.1) is 19.3 Å². The lowest BCUT2D eigenvalue weighted by atomic mass is 9.97. The first-order valence-electron chi connectivity index (χ1n) is 12.6. The fourth-order valence-corrected chi connectivity index (χ4v) is 4.73. The highest BCUT2D eigenvalue weighted by atomic mass is 19.1. The molecule has 38 heavy (non-hydrogen) atoms. The number of nitrogens with two attached hydrogens (primary N) is 1. The molecule has 0 bridgehead atoms. The number of amides is 1. The highest BCUT2D eigenvalue weighted by molar-refractivity contribution is 6.19. The van der Waals surface area contributed by atoms with E-state index in [0.717, 1.165) is 22.9 Å². The number of aliphatic imine (C=N–C) groups is 3. The standard InChI is InChI=1S/C27H32FN7O3/c1-6-37-24-31-22(29)27(5)23(32-24)35(21(33-27)18-10-20(28)12-30-11-18)13-16-7-8-17-14-34(15-19(17)9-16)25(36)38-26(2,3)4/h7-12,22H,6,13-15,29H2,1-5H3. The third-order valence-electron chi connectivity index (χ3n) is 6.55. The van der Waals surface area contributed by atoms with Crippen LogP contribution in [-0.2, 0) is 29.1 Å². The first-order chi connectivity index (χ1) is 18.0. The first kappa shape index (κ1) is 25.8. The molecule has 0 fully saturated rings. The van der Waals surface area contributed by atoms with E-state index in [1.165, 1.54) is 6.07 Å². The predicted molar refractivity (Wildman–Crippen MR) is 141 cm³/mol. The Morgan fingerprint density at radius 2 is 1.97 bits per heavy atom. The maximum Gasteiger partial charge on any atom is 0.410 e. The number of carbonyl (C=O) groups is 1. The average molecular weight is 522 g/mol. The van der Waals surface area contributed by atoms with E-state index in [9.17, 15) is 9.18 Å². The molecule has 1 aromatic carbocycles. The molecule has 4 heterocycles. The van der Waals surface area contributed by atoms with Crippen molar-refractivity contribution in [2.45, 2.75) is 71.6 Å². The van der Waals surface area contributed by atoms with Gasteiger partial charge in [-0.15, -0.1) is 0 Å². The minimum atomic E-state index is -0.966. The second-order valence-electron chi connectivity index (χ2n) is 10.7. The number of hydrogen-bond acceptors (Lipinski definition) is 9. The van der Waals surface area contributed by atoms with E-state index in [-0.39, 0.29) is 12.1 Å². The number of fused-ring (bicyclic) bond motifs is 2. The van der Waals surface area contributed by atoms with Crippen LogP contribution in [0.15, 0.2) is 51.6 Å². The second kappa shape index (κ2) is 9.46. The quantitative estimate of drug-likeness (QED) is 0.657. The number of carbonyl (C=O) groups excluding carboxylic acids is 1. The molecule has 0 spiro atoms. The van der Waals surface area contributed by atoms with Gasteiger partial charge in [0.15, 0.2) is 5.54 Å². The lowest BCUT2D eigenvalue weighted by Crippen LogP contribution is -2.54. The molecule has 1 aromatic heterocycles. The Balaban J connectivity index is 1.47. The molecule has 11 heteroatoms. The zero-order valence-electron chi connectivity index (χ0n) is 22.2. The number of nitrogens with zero attached hydrogens (tertiary/aromatic N) is 6. The van der Waals surface area contributed by atoms with Crippen LogP contribution in [0.5, 0.6) is 0 Å². The normalized spacial score (nSPS) is 22.4. The van der Waals surface area contributed by atoms with Gasteiger partial charge in [0.2, 0.25) is 0 Å². The molecule has 1 amide bonds. The molecule has 0 saturated carbocycles. The van der Waals surface area contributed by atoms with Gasteiger partial charge in [-0.25, -0.2) is 19.2 Å². The third kappa shape index (κ3) is 4.85. The predicted octanol–water partition coefficient (Wildman–Crippen LogP) is 3.58. The van der Waals surface area contributed by atoms with Crippen LogP contribution in [-0.4, -0.2) is 62.5 Å². The largest absolute Gasteiger partial charge is 0.464 e. The van der Waals surface area contributed by atoms with Crippen LogP contribution >= 0.6 is 0 Å². The van der Waals surface area contributed by atoms with Crippen LogP contribution in [0, 0.1) is 5.82 Å². The molecule has 3 aliphatic heterocycles. The van der Waals surface area contributed by atoms with Crippen LogP contribution in [0.25, 0.3) is 0 Å². The SMILES string of the molecule is CCOC1=NC(N)C2(C)N=C(c3cncc(F)c3)N(Cc3ccc4c(c3)CN(C(=O)OC(C)(C)C)C4)C2=N1. The Hall–Kier alpha value is -3.86. The van der Waals surface area contributed by atoms with Crippen molar-refractivity contribution >= 4 is 23.8 Å². The summed E-state index contributed by atoms with van der Waals surface area (Å²) in [4.78, 5) is 34.2. The van der Waals surface area contributed by atoms with Gasteiger partial charge in [-0.1, -0.05) is 18.2 Å². The van der Waals surface area contributed by atoms with Crippen LogP contribution in [0.3, 0.4) is 0 Å². The summed E-state index contributed by atoms with van der Waals surface area (Å²) in [6.45, 7) is 11.0. The van der Waals surface area contributed by atoms with Gasteiger partial charge in [0.1, 0.15) is 29.3 Å². The summed E-state index contributed by atoms with van der Waals surface area (Å²) < 4.78 is 25.3. The van der Waals surface area contributed by atoms with Gasteiger partial charge >= 0.3 is 12.1 Å². The minimum absolute atomic E-state index is 0.188. The molecule has 10 nitrogen and oxygen atoms in total. The van der Waals surface area contributed by atoms with Crippen LogP contribution in [0.1, 0.15) is 56.9 Å². The number of aromatic nitrogens is 1. The van der Waals surface area contributed by atoms with Crippen molar-refractivity contribution in [3.05, 3.63) is 64.7 Å². The number of hydrogen-bond donors (Lipinski definition) is 1. The molecular weight excluding hydrogens is 489 g/mol. The van der Waals surface area contributed by atoms with Crippen molar-refractivity contribution in [1.29, 1.82) is 0 Å². The molecule has 5 rings (SSSR count). The third-order valence-corrected chi connectivity index (χ3v) is 6.55. The topological polar surface area (TPSA) is 118 Å². The molecule has 0 aliphatic carbocycles. The van der Waals surface area contributed by atoms with Crippen molar-refractivity contribution in [2.75, 3.05) is 6.61 Å². The van der Waals surface area contributed by atoms with E-state index in [1.54, 1.807) is 11.1 Å². The number of pyridine rings is 1. The second-order valence-corrected chi connectivity index (χ2v) is 10.7. The summed E-state index contributed by atoms with van der Waals surface area (Å²) in [5.41, 5.74) is 8.49. The van der Waals surface area contributed by atoms with Gasteiger partial charge in [-0.05, 0) is 57.4 Å². The summed E-state index contributed by atoms with van der Waals surface area (Å²) in [5, 5.41) is 0. The van der Waals surface area contributed by atoms with Gasteiger partial charge in [-0.2, -0.15) is 4.99 Å². The zero-order valence-corrected chi connectivity index (χ0v) is 22.2. The van der Waals surface area contributed by atoms with Crippen molar-refractivity contribution in [1.82, 2.24) is 14.8 Å². The Bertz CT molecular complexity index is 1370. The van der Waals surface area contributed by atoms with E-state index >= 15 is 0 Å². The van der Waals surface area contributed by atoms with Crippen molar-refractivity contribution in [2.24, 2.45) is 20.7 Å². The van der Waals surface area contributed by atoms with E-state index < -0.39 is 23.1 Å². The number of rotatable bonds is 4. The fourth-order valence-electron chi connectivity index (χ4n) is 4.73. The number of amidine groups is 3. The molecular formula is C27H32FN7O3. The number of halogens is 1. The van der Waals surface area contributed by atoms with Gasteiger partial charge in [0, 0.05) is 24.8 Å². The molecule has 2 N–H and O–H groups in total. The Morgan fingerprint density at radius 1 is 1.21 bits per heavy atom. The summed E-state index contributed by atoms with van der Waals surface area (Å²) in [6, 6.07) is 7.67. The Labute approximate surface area is 221 Å². The Morgan fingerprint density at radius 3 is 2.68 bits per heavy atom. The summed E-state index contributed by atoms with van der Waals surface area (Å²) in [6.07, 6.45) is 1.63. The lowest BCUT2D eigenvalue weighted by Gasteiger charge is -2.32. The van der Waals surface area contributed by atoms with Crippen LogP contribution in [0.2, 0.25) is 0 Å². The van der Waals surface area contributed by atoms with E-state index in [1.807, 2.05) is 51.7 Å². The smallest absolute Gasteiger partial charge is 0.410 e. The highest BCUT2D eigenvalue weighted by Crippen LogP contribution is 2.34. The van der Waals surface area contributed by atoms with Crippen molar-refractivity contribution < 1.29 is 18.7 Å². The van der Waals surface area contributed by atoms with Gasteiger partial charge < -0.3 is 20.1 Å². The van der Waals surface area contributed by atoms with Gasteiger partial charge in [-0.3, -0.25) is 9.88 Å². The van der Waals surface area contributed by atoms with Crippen molar-refractivity contribution in [3.8, 4) is 0 Å². The summed E-state index contributed by atoms with van der Waals surface area (Å²) in [7, 11) is 0. The van der Waals surface area contributed by atoms with E-state index in [0.29, 0.717) is 43.5 Å². The van der Waals surface area contributed by atoms with Crippen LogP contribution in [0.4, 0.5) is 9.18 Å². The molecule has 3 aliphatic rings. The summed E-state index contributed by atoms with van der Waals surface area (Å²) in [5.74, 6) is 0.596.